The third-order valence-corrected chi connectivity index (χ3v) is 7.19. The minimum atomic E-state index is -1.85. The van der Waals surface area contributed by atoms with Gasteiger partial charge in [0.25, 0.3) is 0 Å². The number of aliphatic carboxylic acids is 4. The van der Waals surface area contributed by atoms with Gasteiger partial charge in [-0.1, -0.05) is 0 Å². The molecule has 1 rings (SSSR count). The van der Waals surface area contributed by atoms with E-state index in [0.29, 0.717) is 12.2 Å². The molecule has 1 fully saturated rings. The highest BCUT2D eigenvalue weighted by Gasteiger charge is 2.35. The number of carboxylic acid groups (broad SMARTS) is 4. The van der Waals surface area contributed by atoms with E-state index in [-0.39, 0.29) is 25.8 Å². The number of nitrogens with zero attached hydrogens (tertiary/aromatic N) is 1. The van der Waals surface area contributed by atoms with Crippen LogP contribution >= 0.6 is 11.8 Å². The van der Waals surface area contributed by atoms with Crippen LogP contribution in [0, 0.1) is 0 Å². The summed E-state index contributed by atoms with van der Waals surface area (Å²) in [5.41, 5.74) is 5.69. The second-order valence-electron chi connectivity index (χ2n) is 10.0. The number of hydrogen-bond acceptors (Lipinski definition) is 11. The van der Waals surface area contributed by atoms with Crippen molar-refractivity contribution in [1.29, 1.82) is 0 Å². The molecule has 0 unspecified atom stereocenters. The van der Waals surface area contributed by atoms with Gasteiger partial charge in [-0.25, -0.2) is 4.79 Å². The molecule has 0 saturated carbocycles. The van der Waals surface area contributed by atoms with Crippen LogP contribution in [0.5, 0.6) is 0 Å². The molecular formula is C25H38N6O13S. The van der Waals surface area contributed by atoms with Gasteiger partial charge in [-0.2, -0.15) is 11.8 Å². The number of nitrogens with one attached hydrogen (secondary N) is 4. The van der Waals surface area contributed by atoms with Gasteiger partial charge < -0.3 is 52.3 Å². The molecule has 0 spiro atoms. The van der Waals surface area contributed by atoms with Crippen molar-refractivity contribution in [3.8, 4) is 0 Å². The summed E-state index contributed by atoms with van der Waals surface area (Å²) in [6, 6.07) is -7.38. The van der Waals surface area contributed by atoms with E-state index >= 15 is 0 Å². The lowest BCUT2D eigenvalue weighted by Crippen LogP contribution is -2.58. The Morgan fingerprint density at radius 1 is 0.778 bits per heavy atom. The number of hydrogen-bond donors (Lipinski definition) is 9. The summed E-state index contributed by atoms with van der Waals surface area (Å²) in [7, 11) is 0. The van der Waals surface area contributed by atoms with E-state index in [4.69, 9.17) is 10.8 Å². The fraction of sp³-hybridized carbons (Fsp3) is 0.640. The van der Waals surface area contributed by atoms with Gasteiger partial charge in [0.1, 0.15) is 24.2 Å². The molecule has 19 nitrogen and oxygen atoms in total. The first-order chi connectivity index (χ1) is 21.1. The van der Waals surface area contributed by atoms with Crippen LogP contribution in [0.4, 0.5) is 0 Å². The van der Waals surface area contributed by atoms with E-state index in [1.54, 1.807) is 6.26 Å². The molecule has 5 atom stereocenters. The Kier molecular flexibility index (Phi) is 16.3. The molecule has 1 saturated heterocycles. The average molecular weight is 663 g/mol. The van der Waals surface area contributed by atoms with E-state index in [1.165, 1.54) is 11.8 Å². The molecule has 1 heterocycles. The molecule has 0 aromatic heterocycles. The molecule has 0 radical (unpaired) electrons. The molecule has 45 heavy (non-hydrogen) atoms. The maximum absolute atomic E-state index is 13.0. The lowest BCUT2D eigenvalue weighted by Gasteiger charge is -2.25. The molecule has 1 aliphatic heterocycles. The number of carboxylic acids is 4. The standard InChI is InChI=1S/C25H38N6O13S/c1-45-8-6-13(28-21(39)12(26)4-5-18(33)34)23(41)30-15(10-20(37)38)24(42)29-14(9-19(35)36)22(40)27-11-17(32)31-7-2-3-16(31)25(43)44/h12-16H,2-11,26H2,1H3,(H,27,40)(H,28,39)(H,29,42)(H,30,41)(H,33,34)(H,35,36)(H,37,38)(H,43,44)/t12-,13-,14-,15-,16-/m0/s1. The second-order valence-corrected chi connectivity index (χ2v) is 11.0. The SMILES string of the molecule is CSCC[C@H](NC(=O)[C@@H](N)CCC(=O)O)C(=O)N[C@@H](CC(=O)O)C(=O)N[C@@H](CC(=O)O)C(=O)NCC(=O)N1CCC[C@H]1C(=O)O. The lowest BCUT2D eigenvalue weighted by atomic mass is 10.1. The zero-order valence-corrected chi connectivity index (χ0v) is 25.2. The van der Waals surface area contributed by atoms with Gasteiger partial charge in [0, 0.05) is 13.0 Å². The quantitative estimate of drug-likeness (QED) is 0.0611. The lowest BCUT2D eigenvalue weighted by molar-refractivity contribution is -0.148. The predicted octanol–water partition coefficient (Wildman–Crippen LogP) is -3.47. The first-order valence-electron chi connectivity index (χ1n) is 13.7. The number of likely N-dealkylation sites (tertiary alicyclic amines) is 1. The van der Waals surface area contributed by atoms with Crippen LogP contribution in [0.25, 0.3) is 0 Å². The van der Waals surface area contributed by atoms with Crippen molar-refractivity contribution in [2.24, 2.45) is 5.73 Å². The summed E-state index contributed by atoms with van der Waals surface area (Å²) in [6.07, 6.45) is -0.327. The van der Waals surface area contributed by atoms with Gasteiger partial charge in [-0.15, -0.1) is 0 Å². The van der Waals surface area contributed by atoms with Crippen LogP contribution in [-0.2, 0) is 43.2 Å². The normalized spacial score (nSPS) is 16.8. The molecule has 5 amide bonds. The van der Waals surface area contributed by atoms with Gasteiger partial charge >= 0.3 is 23.9 Å². The van der Waals surface area contributed by atoms with Crippen LogP contribution in [0.3, 0.4) is 0 Å². The third-order valence-electron chi connectivity index (χ3n) is 6.55. The zero-order valence-electron chi connectivity index (χ0n) is 24.4. The molecule has 0 aliphatic carbocycles. The predicted molar refractivity (Wildman–Crippen MR) is 154 cm³/mol. The van der Waals surface area contributed by atoms with Crippen molar-refractivity contribution >= 4 is 65.2 Å². The van der Waals surface area contributed by atoms with Crippen LogP contribution in [0.15, 0.2) is 0 Å². The minimum absolute atomic E-state index is 0.00360. The number of nitrogens with two attached hydrogens (primary N) is 1. The Morgan fingerprint density at radius 3 is 1.82 bits per heavy atom. The summed E-state index contributed by atoms with van der Waals surface area (Å²) in [6.45, 7) is -0.584. The monoisotopic (exact) mass is 662 g/mol. The van der Waals surface area contributed by atoms with E-state index in [2.05, 4.69) is 21.3 Å². The average Bonchev–Trinajstić information content (AvgIpc) is 3.45. The maximum Gasteiger partial charge on any atom is 0.326 e. The molecule has 10 N–H and O–H groups in total. The van der Waals surface area contributed by atoms with Crippen molar-refractivity contribution in [3.05, 3.63) is 0 Å². The largest absolute Gasteiger partial charge is 0.481 e. The van der Waals surface area contributed by atoms with Crippen molar-refractivity contribution in [3.63, 3.8) is 0 Å². The summed E-state index contributed by atoms with van der Waals surface area (Å²) in [5.74, 6) is -10.3. The van der Waals surface area contributed by atoms with Gasteiger partial charge in [-0.3, -0.25) is 38.4 Å². The fourth-order valence-corrected chi connectivity index (χ4v) is 4.69. The summed E-state index contributed by atoms with van der Waals surface area (Å²) in [5, 5.41) is 45.3. The first-order valence-corrected chi connectivity index (χ1v) is 15.1. The summed E-state index contributed by atoms with van der Waals surface area (Å²) >= 11 is 1.30. The summed E-state index contributed by atoms with van der Waals surface area (Å²) in [4.78, 5) is 110. The molecule has 20 heteroatoms. The van der Waals surface area contributed by atoms with E-state index < -0.39 is 109 Å². The number of rotatable bonds is 20. The van der Waals surface area contributed by atoms with Crippen molar-refractivity contribution in [2.45, 2.75) is 75.2 Å². The second kappa shape index (κ2) is 19.0. The summed E-state index contributed by atoms with van der Waals surface area (Å²) < 4.78 is 0. The number of carbonyl (C=O) groups is 9. The van der Waals surface area contributed by atoms with Crippen LogP contribution < -0.4 is 27.0 Å². The first kappa shape index (κ1) is 38.6. The number of carbonyl (C=O) groups excluding carboxylic acids is 5. The smallest absolute Gasteiger partial charge is 0.326 e. The number of amides is 5. The Labute approximate surface area is 261 Å². The highest BCUT2D eigenvalue weighted by atomic mass is 32.2. The highest BCUT2D eigenvalue weighted by Crippen LogP contribution is 2.17. The van der Waals surface area contributed by atoms with Crippen LogP contribution in [0.2, 0.25) is 0 Å². The van der Waals surface area contributed by atoms with Crippen LogP contribution in [-0.4, -0.2) is 134 Å². The maximum atomic E-state index is 13.0. The highest BCUT2D eigenvalue weighted by molar-refractivity contribution is 7.98. The van der Waals surface area contributed by atoms with Gasteiger partial charge in [0.15, 0.2) is 0 Å². The van der Waals surface area contributed by atoms with Gasteiger partial charge in [0.2, 0.25) is 29.5 Å². The molecular weight excluding hydrogens is 624 g/mol. The molecule has 1 aliphatic rings. The zero-order chi connectivity index (χ0) is 34.3. The molecule has 0 aromatic rings. The van der Waals surface area contributed by atoms with Crippen molar-refractivity contribution < 1.29 is 63.6 Å². The molecule has 0 bridgehead atoms. The molecule has 0 aromatic carbocycles. The van der Waals surface area contributed by atoms with E-state index in [0.717, 1.165) is 4.90 Å². The number of thioether (sulfide) groups is 1. The van der Waals surface area contributed by atoms with Crippen LogP contribution in [0.1, 0.15) is 44.9 Å². The Morgan fingerprint density at radius 2 is 1.31 bits per heavy atom. The fourth-order valence-electron chi connectivity index (χ4n) is 4.22. The topological polar surface area (TPSA) is 312 Å². The Balaban J connectivity index is 3.01. The van der Waals surface area contributed by atoms with Crippen molar-refractivity contribution in [2.75, 3.05) is 25.1 Å². The van der Waals surface area contributed by atoms with E-state index in [1.807, 2.05) is 0 Å². The molecule has 252 valence electrons. The van der Waals surface area contributed by atoms with E-state index in [9.17, 15) is 58.5 Å². The Hall–Kier alpha value is -4.46. The third kappa shape index (κ3) is 13.8. The van der Waals surface area contributed by atoms with Crippen molar-refractivity contribution in [1.82, 2.24) is 26.2 Å². The Bertz CT molecular complexity index is 1150. The van der Waals surface area contributed by atoms with Gasteiger partial charge in [0.05, 0.1) is 25.4 Å². The van der Waals surface area contributed by atoms with Gasteiger partial charge in [-0.05, 0) is 37.7 Å². The minimum Gasteiger partial charge on any atom is -0.481 e.